The summed E-state index contributed by atoms with van der Waals surface area (Å²) in [7, 11) is 0.462. The summed E-state index contributed by atoms with van der Waals surface area (Å²) >= 11 is 6.49. The molecule has 0 amide bonds. The topological polar surface area (TPSA) is 87.2 Å². The average molecular weight is 592 g/mol. The van der Waals surface area contributed by atoms with Gasteiger partial charge in [0.05, 0.1) is 11.3 Å². The SMILES string of the molecule is CN(C)c1nc(NC[C@H]2CC[C@H](CNS(=O)(=O)CC(c3ccccc3)c3ccccc3Cl)CC2)nc2ccccc12. The minimum atomic E-state index is -3.52. The third kappa shape index (κ3) is 7.56. The van der Waals surface area contributed by atoms with Crippen LogP contribution in [0.15, 0.2) is 78.9 Å². The maximum absolute atomic E-state index is 13.3. The van der Waals surface area contributed by atoms with Crippen molar-refractivity contribution >= 4 is 44.3 Å². The number of rotatable bonds is 11. The van der Waals surface area contributed by atoms with Crippen molar-refractivity contribution in [2.45, 2.75) is 31.6 Å². The second kappa shape index (κ2) is 13.2. The molecule has 0 aliphatic heterocycles. The van der Waals surface area contributed by atoms with Gasteiger partial charge in [0.25, 0.3) is 0 Å². The summed E-state index contributed by atoms with van der Waals surface area (Å²) in [6.07, 6.45) is 4.06. The standard InChI is InChI=1S/C32H38ClN5O2S/c1-38(2)31-27-13-7-9-15-30(27)36-32(37-31)34-20-23-16-18-24(19-17-23)21-35-41(39,40)22-28(25-10-4-3-5-11-25)26-12-6-8-14-29(26)33/h3-15,23-24,28,35H,16-22H2,1-2H3,(H,34,36,37)/t23-,24-,28?. The molecule has 1 atom stereocenters. The Morgan fingerprint density at radius 3 is 2.20 bits per heavy atom. The first-order valence-electron chi connectivity index (χ1n) is 14.2. The zero-order valence-electron chi connectivity index (χ0n) is 23.6. The summed E-state index contributed by atoms with van der Waals surface area (Å²) in [5, 5.41) is 5.07. The van der Waals surface area contributed by atoms with Crippen molar-refractivity contribution < 1.29 is 8.42 Å². The van der Waals surface area contributed by atoms with Crippen LogP contribution in [0, 0.1) is 11.8 Å². The lowest BCUT2D eigenvalue weighted by Crippen LogP contribution is -2.35. The van der Waals surface area contributed by atoms with E-state index >= 15 is 0 Å². The van der Waals surface area contributed by atoms with Crippen molar-refractivity contribution in [3.8, 4) is 0 Å². The summed E-state index contributed by atoms with van der Waals surface area (Å²) in [4.78, 5) is 11.5. The molecular formula is C32H38ClN5O2S. The third-order valence-corrected chi connectivity index (χ3v) is 9.71. The average Bonchev–Trinajstić information content (AvgIpc) is 2.99. The number of nitrogens with one attached hydrogen (secondary N) is 2. The number of fused-ring (bicyclic) bond motifs is 1. The Balaban J connectivity index is 1.14. The Bertz CT molecular complexity index is 1560. The van der Waals surface area contributed by atoms with Gasteiger partial charge in [0.1, 0.15) is 5.82 Å². The van der Waals surface area contributed by atoms with Crippen LogP contribution in [0.25, 0.3) is 10.9 Å². The first-order valence-corrected chi connectivity index (χ1v) is 16.3. The maximum atomic E-state index is 13.3. The Hall–Kier alpha value is -3.20. The van der Waals surface area contributed by atoms with Crippen molar-refractivity contribution in [1.82, 2.24) is 14.7 Å². The van der Waals surface area contributed by atoms with Crippen molar-refractivity contribution in [3.05, 3.63) is 95.0 Å². The molecule has 1 fully saturated rings. The van der Waals surface area contributed by atoms with E-state index in [9.17, 15) is 8.42 Å². The van der Waals surface area contributed by atoms with E-state index in [4.69, 9.17) is 21.6 Å². The molecule has 5 rings (SSSR count). The molecule has 1 heterocycles. The van der Waals surface area contributed by atoms with Crippen LogP contribution in [-0.2, 0) is 10.0 Å². The van der Waals surface area contributed by atoms with E-state index in [2.05, 4.69) is 10.0 Å². The number of sulfonamides is 1. The highest BCUT2D eigenvalue weighted by molar-refractivity contribution is 7.89. The smallest absolute Gasteiger partial charge is 0.225 e. The van der Waals surface area contributed by atoms with Gasteiger partial charge in [-0.25, -0.2) is 18.1 Å². The monoisotopic (exact) mass is 591 g/mol. The Kier molecular flexibility index (Phi) is 9.42. The van der Waals surface area contributed by atoms with E-state index < -0.39 is 10.0 Å². The highest BCUT2D eigenvalue weighted by atomic mass is 35.5. The molecule has 0 bridgehead atoms. The molecule has 0 saturated heterocycles. The van der Waals surface area contributed by atoms with Gasteiger partial charge in [-0.05, 0) is 66.8 Å². The molecular weight excluding hydrogens is 554 g/mol. The van der Waals surface area contributed by atoms with E-state index in [1.54, 1.807) is 0 Å². The number of para-hydroxylation sites is 1. The second-order valence-corrected chi connectivity index (χ2v) is 13.4. The van der Waals surface area contributed by atoms with Gasteiger partial charge < -0.3 is 10.2 Å². The summed E-state index contributed by atoms with van der Waals surface area (Å²) in [6.45, 7) is 1.27. The van der Waals surface area contributed by atoms with Gasteiger partial charge in [0.15, 0.2) is 0 Å². The van der Waals surface area contributed by atoms with E-state index in [1.807, 2.05) is 97.9 Å². The molecule has 0 radical (unpaired) electrons. The zero-order valence-corrected chi connectivity index (χ0v) is 25.2. The quantitative estimate of drug-likeness (QED) is 0.212. The van der Waals surface area contributed by atoms with Crippen LogP contribution in [0.2, 0.25) is 5.02 Å². The van der Waals surface area contributed by atoms with E-state index in [0.717, 1.165) is 60.1 Å². The third-order valence-electron chi connectivity index (χ3n) is 7.98. The Labute approximate surface area is 248 Å². The van der Waals surface area contributed by atoms with Crippen LogP contribution in [-0.4, -0.2) is 51.3 Å². The molecule has 216 valence electrons. The van der Waals surface area contributed by atoms with Gasteiger partial charge in [-0.15, -0.1) is 0 Å². The van der Waals surface area contributed by atoms with Crippen LogP contribution in [0.4, 0.5) is 11.8 Å². The van der Waals surface area contributed by atoms with E-state index in [-0.39, 0.29) is 11.7 Å². The molecule has 1 aromatic heterocycles. The second-order valence-electron chi connectivity index (χ2n) is 11.2. The molecule has 1 unspecified atom stereocenters. The minimum absolute atomic E-state index is 0.0410. The normalized spacial score (nSPS) is 18.2. The van der Waals surface area contributed by atoms with Gasteiger partial charge in [0, 0.05) is 43.5 Å². The van der Waals surface area contributed by atoms with Crippen LogP contribution in [0.5, 0.6) is 0 Å². The number of hydrogen-bond acceptors (Lipinski definition) is 6. The van der Waals surface area contributed by atoms with E-state index in [0.29, 0.717) is 29.4 Å². The molecule has 3 aromatic carbocycles. The molecule has 1 aliphatic rings. The van der Waals surface area contributed by atoms with Crippen molar-refractivity contribution in [1.29, 1.82) is 0 Å². The summed E-state index contributed by atoms with van der Waals surface area (Å²) in [6, 6.07) is 25.3. The molecule has 2 N–H and O–H groups in total. The van der Waals surface area contributed by atoms with Crippen LogP contribution in [0.1, 0.15) is 42.7 Å². The predicted octanol–water partition coefficient (Wildman–Crippen LogP) is 6.32. The molecule has 7 nitrogen and oxygen atoms in total. The number of hydrogen-bond donors (Lipinski definition) is 2. The Morgan fingerprint density at radius 2 is 1.49 bits per heavy atom. The Morgan fingerprint density at radius 1 is 0.854 bits per heavy atom. The highest BCUT2D eigenvalue weighted by Crippen LogP contribution is 2.32. The lowest BCUT2D eigenvalue weighted by atomic mass is 9.82. The van der Waals surface area contributed by atoms with Gasteiger partial charge in [-0.3, -0.25) is 0 Å². The molecule has 4 aromatic rings. The fourth-order valence-corrected chi connectivity index (χ4v) is 7.37. The minimum Gasteiger partial charge on any atom is -0.362 e. The molecule has 1 saturated carbocycles. The van der Waals surface area contributed by atoms with Gasteiger partial charge in [-0.2, -0.15) is 4.98 Å². The largest absolute Gasteiger partial charge is 0.362 e. The van der Waals surface area contributed by atoms with Gasteiger partial charge in [-0.1, -0.05) is 72.3 Å². The fraction of sp³-hybridized carbons (Fsp3) is 0.375. The number of benzene rings is 3. The maximum Gasteiger partial charge on any atom is 0.225 e. The lowest BCUT2D eigenvalue weighted by Gasteiger charge is -2.29. The molecule has 1 aliphatic carbocycles. The van der Waals surface area contributed by atoms with Gasteiger partial charge >= 0.3 is 0 Å². The first-order chi connectivity index (χ1) is 19.8. The van der Waals surface area contributed by atoms with Crippen LogP contribution < -0.4 is 14.9 Å². The number of halogens is 1. The zero-order chi connectivity index (χ0) is 28.8. The van der Waals surface area contributed by atoms with E-state index in [1.165, 1.54) is 0 Å². The number of anilines is 2. The van der Waals surface area contributed by atoms with Gasteiger partial charge in [0.2, 0.25) is 16.0 Å². The predicted molar refractivity (Wildman–Crippen MR) is 169 cm³/mol. The van der Waals surface area contributed by atoms with Crippen molar-refractivity contribution in [2.75, 3.05) is 43.2 Å². The van der Waals surface area contributed by atoms with Crippen LogP contribution >= 0.6 is 11.6 Å². The number of nitrogens with zero attached hydrogens (tertiary/aromatic N) is 3. The van der Waals surface area contributed by atoms with Crippen LogP contribution in [0.3, 0.4) is 0 Å². The van der Waals surface area contributed by atoms with Crippen molar-refractivity contribution in [2.24, 2.45) is 11.8 Å². The molecule has 0 spiro atoms. The lowest BCUT2D eigenvalue weighted by molar-refractivity contribution is 0.284. The highest BCUT2D eigenvalue weighted by Gasteiger charge is 2.27. The summed E-state index contributed by atoms with van der Waals surface area (Å²) in [5.74, 6) is 2.00. The fourth-order valence-electron chi connectivity index (χ4n) is 5.69. The summed E-state index contributed by atoms with van der Waals surface area (Å²) in [5.41, 5.74) is 2.69. The molecule has 41 heavy (non-hydrogen) atoms. The van der Waals surface area contributed by atoms with Crippen molar-refractivity contribution in [3.63, 3.8) is 0 Å². The summed E-state index contributed by atoms with van der Waals surface area (Å²) < 4.78 is 29.4. The number of aromatic nitrogens is 2. The first kappa shape index (κ1) is 29.3. The molecule has 9 heteroatoms.